The molecular formula is C34H44N2O3Si. The molecule has 0 aromatic heterocycles. The zero-order valence-corrected chi connectivity index (χ0v) is 25.7. The van der Waals surface area contributed by atoms with E-state index in [1.165, 1.54) is 0 Å². The molecule has 0 atom stereocenters. The van der Waals surface area contributed by atoms with Gasteiger partial charge in [-0.1, -0.05) is 99.6 Å². The monoisotopic (exact) mass is 556 g/mol. The highest BCUT2D eigenvalue weighted by molar-refractivity contribution is 6.74. The van der Waals surface area contributed by atoms with Crippen molar-refractivity contribution in [2.45, 2.75) is 45.0 Å². The van der Waals surface area contributed by atoms with Gasteiger partial charge in [-0.05, 0) is 41.4 Å². The molecular weight excluding hydrogens is 512 g/mol. The summed E-state index contributed by atoms with van der Waals surface area (Å²) in [6.45, 7) is 15.8. The van der Waals surface area contributed by atoms with Gasteiger partial charge in [0, 0.05) is 44.4 Å². The smallest absolute Gasteiger partial charge is 0.250 e. The van der Waals surface area contributed by atoms with Gasteiger partial charge in [0.15, 0.2) is 0 Å². The second-order valence-electron chi connectivity index (χ2n) is 12.0. The minimum absolute atomic E-state index is 0.0475. The van der Waals surface area contributed by atoms with Gasteiger partial charge in [0.1, 0.15) is 11.9 Å². The van der Waals surface area contributed by atoms with E-state index >= 15 is 0 Å². The van der Waals surface area contributed by atoms with Gasteiger partial charge in [-0.25, -0.2) is 0 Å². The Hall–Kier alpha value is -3.19. The minimum atomic E-state index is -1.98. The summed E-state index contributed by atoms with van der Waals surface area (Å²) >= 11 is 0. The third-order valence-corrected chi connectivity index (χ3v) is 12.4. The number of piperazine rings is 1. The molecule has 3 aromatic carbocycles. The van der Waals surface area contributed by atoms with Crippen LogP contribution in [0.2, 0.25) is 18.1 Å². The van der Waals surface area contributed by atoms with Crippen molar-refractivity contribution >= 4 is 20.3 Å². The zero-order chi connectivity index (χ0) is 28.6. The first kappa shape index (κ1) is 29.8. The van der Waals surface area contributed by atoms with Crippen LogP contribution in [0.5, 0.6) is 5.75 Å². The van der Waals surface area contributed by atoms with Crippen LogP contribution in [0.25, 0.3) is 6.08 Å². The Morgan fingerprint density at radius 1 is 0.850 bits per heavy atom. The summed E-state index contributed by atoms with van der Waals surface area (Å²) in [7, 11) is -1.98. The van der Waals surface area contributed by atoms with Crippen molar-refractivity contribution in [2.24, 2.45) is 0 Å². The molecule has 0 bridgehead atoms. The van der Waals surface area contributed by atoms with Crippen LogP contribution < -0.4 is 4.43 Å². The van der Waals surface area contributed by atoms with Crippen LogP contribution >= 0.6 is 0 Å². The number of amides is 1. The van der Waals surface area contributed by atoms with Gasteiger partial charge >= 0.3 is 0 Å². The van der Waals surface area contributed by atoms with Crippen LogP contribution in [-0.2, 0) is 9.53 Å². The lowest BCUT2D eigenvalue weighted by Crippen LogP contribution is -2.49. The fourth-order valence-electron chi connectivity index (χ4n) is 4.54. The van der Waals surface area contributed by atoms with E-state index in [1.807, 2.05) is 47.4 Å². The highest BCUT2D eigenvalue weighted by atomic mass is 28.4. The largest absolute Gasteiger partial charge is 0.543 e. The van der Waals surface area contributed by atoms with Crippen molar-refractivity contribution in [3.63, 3.8) is 0 Å². The lowest BCUT2D eigenvalue weighted by molar-refractivity contribution is -0.127. The number of hydrogen-bond donors (Lipinski definition) is 0. The Kier molecular flexibility index (Phi) is 10.0. The van der Waals surface area contributed by atoms with E-state index in [2.05, 4.69) is 87.3 Å². The molecule has 0 N–H and O–H groups in total. The lowest BCUT2D eigenvalue weighted by Gasteiger charge is -2.37. The maximum absolute atomic E-state index is 13.0. The van der Waals surface area contributed by atoms with Crippen molar-refractivity contribution in [2.75, 3.05) is 39.3 Å². The summed E-state index contributed by atoms with van der Waals surface area (Å²) in [4.78, 5) is 17.3. The van der Waals surface area contributed by atoms with E-state index in [-0.39, 0.29) is 17.0 Å². The first-order valence-corrected chi connectivity index (χ1v) is 17.2. The topological polar surface area (TPSA) is 42.0 Å². The number of hydrogen-bond acceptors (Lipinski definition) is 4. The minimum Gasteiger partial charge on any atom is -0.543 e. The molecule has 4 rings (SSSR count). The first-order chi connectivity index (χ1) is 19.1. The highest BCUT2D eigenvalue weighted by Gasteiger charge is 2.39. The maximum Gasteiger partial charge on any atom is 0.250 e. The third-order valence-electron chi connectivity index (χ3n) is 8.08. The molecule has 5 nitrogen and oxygen atoms in total. The molecule has 0 spiro atoms. The van der Waals surface area contributed by atoms with E-state index in [4.69, 9.17) is 9.16 Å². The molecule has 6 heteroatoms. The Morgan fingerprint density at radius 2 is 1.40 bits per heavy atom. The molecule has 1 heterocycles. The SMILES string of the molecule is CC(C)(C)[Si](C)(C)Oc1ccccc1/C=C/C(=O)N1CCN(CCOC(c2ccccc2)c2ccccc2)CC1. The van der Waals surface area contributed by atoms with Crippen LogP contribution in [0, 0.1) is 0 Å². The number of ether oxygens (including phenoxy) is 1. The van der Waals surface area contributed by atoms with Crippen molar-refractivity contribution in [3.05, 3.63) is 108 Å². The van der Waals surface area contributed by atoms with E-state index in [0.29, 0.717) is 19.7 Å². The molecule has 212 valence electrons. The second-order valence-corrected chi connectivity index (χ2v) is 16.7. The van der Waals surface area contributed by atoms with E-state index in [0.717, 1.165) is 42.1 Å². The maximum atomic E-state index is 13.0. The average Bonchev–Trinajstić information content (AvgIpc) is 2.95. The Morgan fingerprint density at radius 3 is 1.98 bits per heavy atom. The quantitative estimate of drug-likeness (QED) is 0.199. The van der Waals surface area contributed by atoms with Gasteiger partial charge in [-0.3, -0.25) is 9.69 Å². The second kappa shape index (κ2) is 13.4. The molecule has 0 saturated carbocycles. The number of rotatable bonds is 10. The molecule has 1 saturated heterocycles. The van der Waals surface area contributed by atoms with Gasteiger partial charge in [0.05, 0.1) is 6.61 Å². The lowest BCUT2D eigenvalue weighted by atomic mass is 10.0. The summed E-state index contributed by atoms with van der Waals surface area (Å²) in [6, 6.07) is 28.8. The van der Waals surface area contributed by atoms with Crippen LogP contribution in [0.3, 0.4) is 0 Å². The highest BCUT2D eigenvalue weighted by Crippen LogP contribution is 2.38. The Balaban J connectivity index is 1.28. The predicted octanol–water partition coefficient (Wildman–Crippen LogP) is 7.03. The Bertz CT molecular complexity index is 1210. The molecule has 40 heavy (non-hydrogen) atoms. The summed E-state index contributed by atoms with van der Waals surface area (Å²) in [6.07, 6.45) is 3.51. The van der Waals surface area contributed by atoms with Gasteiger partial charge in [-0.15, -0.1) is 0 Å². The number of carbonyl (C=O) groups is 1. The van der Waals surface area contributed by atoms with Crippen LogP contribution in [0.15, 0.2) is 91.0 Å². The molecule has 3 aromatic rings. The summed E-state index contributed by atoms with van der Waals surface area (Å²) in [5.41, 5.74) is 3.27. The standard InChI is InChI=1S/C34H44N2O3Si/c1-34(2,3)40(4,5)39-31-19-13-12-14-28(31)20-21-32(37)36-24-22-35(23-25-36)26-27-38-33(29-15-8-6-9-16-29)30-17-10-7-11-18-30/h6-21,33H,22-27H2,1-5H3/b21-20+. The molecule has 1 fully saturated rings. The molecule has 1 aliphatic rings. The normalized spacial score (nSPS) is 15.1. The van der Waals surface area contributed by atoms with Crippen LogP contribution in [0.1, 0.15) is 43.6 Å². The van der Waals surface area contributed by atoms with Crippen LogP contribution in [0.4, 0.5) is 0 Å². The van der Waals surface area contributed by atoms with E-state index in [9.17, 15) is 4.79 Å². The van der Waals surface area contributed by atoms with E-state index in [1.54, 1.807) is 6.08 Å². The Labute approximate surface area is 241 Å². The summed E-state index contributed by atoms with van der Waals surface area (Å²) < 4.78 is 12.9. The molecule has 0 unspecified atom stereocenters. The summed E-state index contributed by atoms with van der Waals surface area (Å²) in [5, 5.41) is 0.106. The number of para-hydroxylation sites is 1. The van der Waals surface area contributed by atoms with Crippen molar-refractivity contribution in [1.82, 2.24) is 9.80 Å². The summed E-state index contributed by atoms with van der Waals surface area (Å²) in [5.74, 6) is 0.901. The molecule has 0 radical (unpaired) electrons. The average molecular weight is 557 g/mol. The zero-order valence-electron chi connectivity index (χ0n) is 24.7. The van der Waals surface area contributed by atoms with Gasteiger partial charge in [-0.2, -0.15) is 0 Å². The number of carbonyl (C=O) groups excluding carboxylic acids is 1. The van der Waals surface area contributed by atoms with Crippen molar-refractivity contribution in [3.8, 4) is 5.75 Å². The van der Waals surface area contributed by atoms with Crippen molar-refractivity contribution < 1.29 is 14.0 Å². The fourth-order valence-corrected chi connectivity index (χ4v) is 5.58. The van der Waals surface area contributed by atoms with Crippen molar-refractivity contribution in [1.29, 1.82) is 0 Å². The van der Waals surface area contributed by atoms with E-state index < -0.39 is 8.32 Å². The molecule has 0 aliphatic carbocycles. The molecule has 1 amide bonds. The fraction of sp³-hybridized carbons (Fsp3) is 0.382. The van der Waals surface area contributed by atoms with Gasteiger partial charge in [0.2, 0.25) is 5.91 Å². The molecule has 1 aliphatic heterocycles. The first-order valence-electron chi connectivity index (χ1n) is 14.3. The number of benzene rings is 3. The van der Waals surface area contributed by atoms with Crippen LogP contribution in [-0.4, -0.2) is 63.4 Å². The van der Waals surface area contributed by atoms with Gasteiger partial charge in [0.25, 0.3) is 8.32 Å². The number of nitrogens with zero attached hydrogens (tertiary/aromatic N) is 2. The van der Waals surface area contributed by atoms with Gasteiger partial charge < -0.3 is 14.1 Å². The third kappa shape index (κ3) is 7.93. The predicted molar refractivity (Wildman–Crippen MR) is 167 cm³/mol.